The van der Waals surface area contributed by atoms with Gasteiger partial charge in [0, 0.05) is 22.3 Å². The molecule has 3 heteroatoms. The van der Waals surface area contributed by atoms with Gasteiger partial charge in [0.25, 0.3) is 0 Å². The third-order valence-electron chi connectivity index (χ3n) is 5.77. The SMILES string of the molecule is CC(C)(C)c1cc(/C=N\N=C2c3ccccc3-c3ccccc32)cc(C(C)(C)C)c1O. The average molecular weight is 411 g/mol. The smallest absolute Gasteiger partial charge is 0.123 e. The normalized spacial score (nSPS) is 13.4. The second-order valence-electron chi connectivity index (χ2n) is 10.2. The summed E-state index contributed by atoms with van der Waals surface area (Å²) in [6, 6.07) is 20.7. The van der Waals surface area contributed by atoms with E-state index >= 15 is 0 Å². The van der Waals surface area contributed by atoms with Gasteiger partial charge in [-0.1, -0.05) is 90.1 Å². The Morgan fingerprint density at radius 3 is 1.52 bits per heavy atom. The van der Waals surface area contributed by atoms with Gasteiger partial charge in [0.1, 0.15) is 11.5 Å². The highest BCUT2D eigenvalue weighted by molar-refractivity contribution is 6.24. The van der Waals surface area contributed by atoms with Crippen molar-refractivity contribution in [1.29, 1.82) is 0 Å². The van der Waals surface area contributed by atoms with Crippen LogP contribution in [0.3, 0.4) is 0 Å². The fraction of sp³-hybridized carbons (Fsp3) is 0.286. The van der Waals surface area contributed by atoms with Gasteiger partial charge in [-0.3, -0.25) is 0 Å². The van der Waals surface area contributed by atoms with Crippen molar-refractivity contribution in [1.82, 2.24) is 0 Å². The molecule has 3 aromatic carbocycles. The number of phenols is 1. The molecule has 0 atom stereocenters. The van der Waals surface area contributed by atoms with Crippen LogP contribution in [0.15, 0.2) is 70.9 Å². The fourth-order valence-corrected chi connectivity index (χ4v) is 4.13. The highest BCUT2D eigenvalue weighted by Gasteiger charge is 2.26. The van der Waals surface area contributed by atoms with E-state index in [-0.39, 0.29) is 10.8 Å². The van der Waals surface area contributed by atoms with E-state index in [1.54, 1.807) is 6.21 Å². The second-order valence-corrected chi connectivity index (χ2v) is 10.2. The van der Waals surface area contributed by atoms with Gasteiger partial charge in [0.05, 0.1) is 6.21 Å². The number of nitrogens with zero attached hydrogens (tertiary/aromatic N) is 2. The van der Waals surface area contributed by atoms with Gasteiger partial charge in [-0.2, -0.15) is 5.10 Å². The van der Waals surface area contributed by atoms with Crippen molar-refractivity contribution in [2.45, 2.75) is 52.4 Å². The summed E-state index contributed by atoms with van der Waals surface area (Å²) in [5.74, 6) is 0.377. The Balaban J connectivity index is 1.79. The van der Waals surface area contributed by atoms with Crippen LogP contribution in [-0.2, 0) is 10.8 Å². The maximum absolute atomic E-state index is 10.9. The van der Waals surface area contributed by atoms with Crippen LogP contribution in [0.25, 0.3) is 11.1 Å². The van der Waals surface area contributed by atoms with E-state index in [1.807, 2.05) is 24.3 Å². The summed E-state index contributed by atoms with van der Waals surface area (Å²) >= 11 is 0. The largest absolute Gasteiger partial charge is 0.507 e. The molecule has 0 aromatic heterocycles. The lowest BCUT2D eigenvalue weighted by atomic mass is 9.78. The molecule has 0 amide bonds. The van der Waals surface area contributed by atoms with Gasteiger partial charge >= 0.3 is 0 Å². The quantitative estimate of drug-likeness (QED) is 0.285. The lowest BCUT2D eigenvalue weighted by Gasteiger charge is -2.27. The summed E-state index contributed by atoms with van der Waals surface area (Å²) in [6.45, 7) is 12.7. The van der Waals surface area contributed by atoms with Gasteiger partial charge < -0.3 is 5.11 Å². The standard InChI is InChI=1S/C28H30N2O/c1-27(2,3)23-15-18(16-24(26(23)31)28(4,5)6)17-29-30-25-21-13-9-7-11-19(21)20-12-8-10-14-22(20)25/h7-17,31H,1-6H3/b29-17-. The van der Waals surface area contributed by atoms with E-state index in [9.17, 15) is 5.11 Å². The first-order valence-corrected chi connectivity index (χ1v) is 10.8. The zero-order valence-electron chi connectivity index (χ0n) is 19.2. The molecule has 3 nitrogen and oxygen atoms in total. The van der Waals surface area contributed by atoms with Gasteiger partial charge in [-0.15, -0.1) is 5.10 Å². The first-order chi connectivity index (χ1) is 14.6. The minimum atomic E-state index is -0.177. The maximum atomic E-state index is 10.9. The minimum absolute atomic E-state index is 0.177. The number of benzene rings is 3. The van der Waals surface area contributed by atoms with Crippen molar-refractivity contribution in [3.8, 4) is 16.9 Å². The zero-order valence-corrected chi connectivity index (χ0v) is 19.2. The molecule has 158 valence electrons. The summed E-state index contributed by atoms with van der Waals surface area (Å²) in [6.07, 6.45) is 1.79. The lowest BCUT2D eigenvalue weighted by Crippen LogP contribution is -2.17. The van der Waals surface area contributed by atoms with E-state index in [4.69, 9.17) is 0 Å². The van der Waals surface area contributed by atoms with E-state index in [0.717, 1.165) is 33.5 Å². The Labute approximate surface area is 185 Å². The van der Waals surface area contributed by atoms with Crippen LogP contribution in [0.2, 0.25) is 0 Å². The summed E-state index contributed by atoms with van der Waals surface area (Å²) in [5.41, 5.74) is 7.94. The Kier molecular flexibility index (Phi) is 5.09. The molecule has 0 saturated carbocycles. The Bertz CT molecular complexity index is 1120. The number of fused-ring (bicyclic) bond motifs is 3. The van der Waals surface area contributed by atoms with E-state index in [2.05, 4.69) is 88.1 Å². The highest BCUT2D eigenvalue weighted by atomic mass is 16.3. The van der Waals surface area contributed by atoms with Gasteiger partial charge in [0.15, 0.2) is 0 Å². The number of hydrogen-bond donors (Lipinski definition) is 1. The molecule has 1 N–H and O–H groups in total. The average Bonchev–Trinajstić information content (AvgIpc) is 3.01. The summed E-state index contributed by atoms with van der Waals surface area (Å²) in [5, 5.41) is 20.0. The van der Waals surface area contributed by atoms with Crippen molar-refractivity contribution in [3.63, 3.8) is 0 Å². The topological polar surface area (TPSA) is 45.0 Å². The molecule has 0 saturated heterocycles. The third-order valence-corrected chi connectivity index (χ3v) is 5.77. The molecular weight excluding hydrogens is 380 g/mol. The van der Waals surface area contributed by atoms with Crippen molar-refractivity contribution in [2.24, 2.45) is 10.2 Å². The van der Waals surface area contributed by atoms with Crippen LogP contribution in [0, 0.1) is 0 Å². The summed E-state index contributed by atoms with van der Waals surface area (Å²) in [7, 11) is 0. The van der Waals surface area contributed by atoms with Gasteiger partial charge in [0.2, 0.25) is 0 Å². The molecule has 0 radical (unpaired) electrons. The molecular formula is C28H30N2O. The van der Waals surface area contributed by atoms with Crippen LogP contribution in [0.4, 0.5) is 0 Å². The van der Waals surface area contributed by atoms with Crippen LogP contribution in [-0.4, -0.2) is 17.0 Å². The van der Waals surface area contributed by atoms with Gasteiger partial charge in [-0.25, -0.2) is 0 Å². The minimum Gasteiger partial charge on any atom is -0.507 e. The molecule has 4 rings (SSSR count). The molecule has 1 aliphatic rings. The van der Waals surface area contributed by atoms with Crippen molar-refractivity contribution in [3.05, 3.63) is 88.5 Å². The molecule has 0 aliphatic heterocycles. The lowest BCUT2D eigenvalue weighted by molar-refractivity contribution is 0.423. The fourth-order valence-electron chi connectivity index (χ4n) is 4.13. The van der Waals surface area contributed by atoms with Crippen molar-refractivity contribution < 1.29 is 5.11 Å². The predicted molar refractivity (Wildman–Crippen MR) is 131 cm³/mol. The predicted octanol–water partition coefficient (Wildman–Crippen LogP) is 6.84. The van der Waals surface area contributed by atoms with Crippen molar-refractivity contribution >= 4 is 11.9 Å². The molecule has 0 bridgehead atoms. The number of hydrogen-bond acceptors (Lipinski definition) is 3. The molecule has 0 unspecified atom stereocenters. The van der Waals surface area contributed by atoms with Gasteiger partial charge in [-0.05, 0) is 39.7 Å². The molecule has 0 heterocycles. The van der Waals surface area contributed by atoms with Crippen LogP contribution < -0.4 is 0 Å². The molecule has 31 heavy (non-hydrogen) atoms. The molecule has 0 spiro atoms. The molecule has 3 aromatic rings. The van der Waals surface area contributed by atoms with Crippen molar-refractivity contribution in [2.75, 3.05) is 0 Å². The first kappa shape index (κ1) is 21.0. The number of phenolic OH excluding ortho intramolecular Hbond substituents is 1. The Morgan fingerprint density at radius 1 is 0.677 bits per heavy atom. The zero-order chi connectivity index (χ0) is 22.4. The Morgan fingerprint density at radius 2 is 1.10 bits per heavy atom. The van der Waals surface area contributed by atoms with E-state index in [0.29, 0.717) is 5.75 Å². The first-order valence-electron chi connectivity index (χ1n) is 10.8. The number of rotatable bonds is 2. The Hall–Kier alpha value is -3.20. The monoisotopic (exact) mass is 410 g/mol. The summed E-state index contributed by atoms with van der Waals surface area (Å²) < 4.78 is 0. The van der Waals surface area contributed by atoms with E-state index in [1.165, 1.54) is 11.1 Å². The van der Waals surface area contributed by atoms with Crippen LogP contribution in [0.1, 0.15) is 69.4 Å². The number of aromatic hydroxyl groups is 1. The summed E-state index contributed by atoms with van der Waals surface area (Å²) in [4.78, 5) is 0. The van der Waals surface area contributed by atoms with E-state index < -0.39 is 0 Å². The third kappa shape index (κ3) is 3.93. The molecule has 1 aliphatic carbocycles. The van der Waals surface area contributed by atoms with Crippen LogP contribution >= 0.6 is 0 Å². The highest BCUT2D eigenvalue weighted by Crippen LogP contribution is 2.40. The maximum Gasteiger partial charge on any atom is 0.123 e. The van der Waals surface area contributed by atoms with Crippen LogP contribution in [0.5, 0.6) is 5.75 Å². The molecule has 0 fully saturated rings. The second kappa shape index (κ2) is 7.49.